The van der Waals surface area contributed by atoms with Gasteiger partial charge in [0.2, 0.25) is 23.6 Å². The van der Waals surface area contributed by atoms with Crippen LogP contribution in [0.25, 0.3) is 10.9 Å². The standard InChI is InChI=1S/C42H52F2N6O10/c1-20(2)35(41(57)45-25(8)38(54)47-29(18-32(53)59-9)31(52)19-60-37-33(43)22(5)16-23(6)34(37)44)50-40(56)30(17-24(7)51)48-42(58)36(21(3)4)49-39(55)28-15-14-26-12-10-11-13-27(26)46-28/h10-16,20-21,25,29-30,35-36H,17-19H2,1-9H3,(H,45,57)(H,47,54)(H,48,58)(H,49,55)(H,50,56)/t25-,29?,30-,35-,36-/m0/s1. The summed E-state index contributed by atoms with van der Waals surface area (Å²) >= 11 is 0. The zero-order valence-corrected chi connectivity index (χ0v) is 35.0. The summed E-state index contributed by atoms with van der Waals surface area (Å²) in [5, 5.41) is 13.2. The molecule has 0 aliphatic carbocycles. The molecule has 60 heavy (non-hydrogen) atoms. The molecular formula is C42H52F2N6O10. The molecule has 0 aliphatic heterocycles. The van der Waals surface area contributed by atoms with Crippen LogP contribution in [0.4, 0.5) is 8.78 Å². The SMILES string of the molecule is COC(=O)CC(NC(=O)[C@H](C)NC(=O)[C@@H](NC(=O)[C@H](CC(C)=O)NC(=O)[C@@H](NC(=O)c1ccc2ccccc2n1)C(C)C)C(C)C)C(=O)COc1c(F)c(C)cc(C)c1F. The minimum absolute atomic E-state index is 0.0556. The third-order valence-corrected chi connectivity index (χ3v) is 9.38. The number of hydrogen-bond acceptors (Lipinski definition) is 11. The Kier molecular flexibility index (Phi) is 17.3. The Hall–Kier alpha value is -6.33. The predicted octanol–water partition coefficient (Wildman–Crippen LogP) is 2.69. The fourth-order valence-electron chi connectivity index (χ4n) is 5.93. The van der Waals surface area contributed by atoms with E-state index in [1.165, 1.54) is 39.8 Å². The molecule has 0 saturated carbocycles. The topological polar surface area (TPSA) is 228 Å². The van der Waals surface area contributed by atoms with Crippen molar-refractivity contribution in [1.29, 1.82) is 0 Å². The lowest BCUT2D eigenvalue weighted by Gasteiger charge is -2.28. The number of ketones is 2. The molecule has 0 saturated heterocycles. The lowest BCUT2D eigenvalue weighted by atomic mass is 10.00. The number of rotatable bonds is 20. The number of hydrogen-bond donors (Lipinski definition) is 5. The van der Waals surface area contributed by atoms with Gasteiger partial charge in [-0.15, -0.1) is 0 Å². The van der Waals surface area contributed by atoms with Gasteiger partial charge >= 0.3 is 5.97 Å². The molecule has 5 amide bonds. The summed E-state index contributed by atoms with van der Waals surface area (Å²) in [4.78, 5) is 109. The highest BCUT2D eigenvalue weighted by Gasteiger charge is 2.34. The molecule has 3 rings (SSSR count). The molecule has 16 nitrogen and oxygen atoms in total. The van der Waals surface area contributed by atoms with Crippen molar-refractivity contribution in [2.75, 3.05) is 13.7 Å². The number of halogens is 2. The molecule has 0 radical (unpaired) electrons. The van der Waals surface area contributed by atoms with Crippen LogP contribution in [0, 0.1) is 37.3 Å². The van der Waals surface area contributed by atoms with Crippen LogP contribution < -0.4 is 31.3 Å². The van der Waals surface area contributed by atoms with Crippen molar-refractivity contribution in [2.45, 2.75) is 98.4 Å². The maximum atomic E-state index is 14.6. The van der Waals surface area contributed by atoms with Crippen molar-refractivity contribution in [3.05, 3.63) is 70.9 Å². The van der Waals surface area contributed by atoms with E-state index in [-0.39, 0.29) is 16.8 Å². The zero-order valence-electron chi connectivity index (χ0n) is 35.0. The molecule has 2 aromatic carbocycles. The minimum atomic E-state index is -1.60. The van der Waals surface area contributed by atoms with Gasteiger partial charge in [0.25, 0.3) is 5.91 Å². The number of methoxy groups -OCH3 is 1. The summed E-state index contributed by atoms with van der Waals surface area (Å²) in [6.45, 7) is 10.8. The third-order valence-electron chi connectivity index (χ3n) is 9.38. The average Bonchev–Trinajstić information content (AvgIpc) is 3.19. The van der Waals surface area contributed by atoms with Gasteiger partial charge in [-0.3, -0.25) is 38.4 Å². The van der Waals surface area contributed by atoms with Crippen LogP contribution in [0.15, 0.2) is 42.5 Å². The molecule has 0 bridgehead atoms. The number of carbonyl (C=O) groups excluding carboxylic acids is 8. The van der Waals surface area contributed by atoms with E-state index < -0.39 is 126 Å². The molecule has 324 valence electrons. The maximum absolute atomic E-state index is 14.6. The number of ether oxygens (including phenoxy) is 2. The van der Waals surface area contributed by atoms with Crippen LogP contribution in [0.1, 0.15) is 76.0 Å². The number of carbonyl (C=O) groups is 8. The molecule has 1 heterocycles. The van der Waals surface area contributed by atoms with Crippen LogP contribution in [-0.2, 0) is 38.3 Å². The molecule has 18 heteroatoms. The first-order chi connectivity index (χ1) is 28.1. The Morgan fingerprint density at radius 2 is 1.25 bits per heavy atom. The third kappa shape index (κ3) is 13.1. The van der Waals surface area contributed by atoms with Crippen molar-refractivity contribution in [2.24, 2.45) is 11.8 Å². The van der Waals surface area contributed by atoms with Gasteiger partial charge in [0.1, 0.15) is 48.3 Å². The van der Waals surface area contributed by atoms with Gasteiger partial charge < -0.3 is 36.1 Å². The monoisotopic (exact) mass is 838 g/mol. The Bertz CT molecular complexity index is 2100. The van der Waals surface area contributed by atoms with Gasteiger partial charge in [-0.05, 0) is 62.8 Å². The largest absolute Gasteiger partial charge is 0.480 e. The van der Waals surface area contributed by atoms with E-state index in [1.807, 2.05) is 12.1 Å². The first kappa shape index (κ1) is 48.0. The number of fused-ring (bicyclic) bond motifs is 1. The van der Waals surface area contributed by atoms with E-state index in [0.717, 1.165) is 12.5 Å². The summed E-state index contributed by atoms with van der Waals surface area (Å²) in [7, 11) is 1.05. The van der Waals surface area contributed by atoms with E-state index in [0.29, 0.717) is 5.52 Å². The van der Waals surface area contributed by atoms with Crippen LogP contribution >= 0.6 is 0 Å². The van der Waals surface area contributed by atoms with Crippen molar-refractivity contribution in [3.8, 4) is 5.75 Å². The van der Waals surface area contributed by atoms with Crippen LogP contribution in [0.2, 0.25) is 0 Å². The van der Waals surface area contributed by atoms with Crippen LogP contribution in [0.5, 0.6) is 5.75 Å². The first-order valence-electron chi connectivity index (χ1n) is 19.2. The van der Waals surface area contributed by atoms with Crippen molar-refractivity contribution >= 4 is 58.0 Å². The Morgan fingerprint density at radius 3 is 1.83 bits per heavy atom. The van der Waals surface area contributed by atoms with Gasteiger partial charge in [0.15, 0.2) is 23.2 Å². The highest BCUT2D eigenvalue weighted by molar-refractivity contribution is 6.00. The molecule has 0 spiro atoms. The van der Waals surface area contributed by atoms with Gasteiger partial charge in [-0.1, -0.05) is 58.0 Å². The summed E-state index contributed by atoms with van der Waals surface area (Å²) in [5.41, 5.74) is 0.746. The number of pyridine rings is 1. The molecule has 1 aromatic heterocycles. The van der Waals surface area contributed by atoms with Crippen molar-refractivity contribution in [3.63, 3.8) is 0 Å². The lowest BCUT2D eigenvalue weighted by Crippen LogP contribution is -2.60. The number of esters is 1. The molecule has 3 aromatic rings. The predicted molar refractivity (Wildman–Crippen MR) is 214 cm³/mol. The fraction of sp³-hybridized carbons (Fsp3) is 0.452. The van der Waals surface area contributed by atoms with E-state index in [1.54, 1.807) is 45.9 Å². The Balaban J connectivity index is 1.70. The molecule has 5 atom stereocenters. The van der Waals surface area contributed by atoms with Crippen LogP contribution in [-0.4, -0.2) is 96.0 Å². The van der Waals surface area contributed by atoms with E-state index in [9.17, 15) is 47.1 Å². The summed E-state index contributed by atoms with van der Waals surface area (Å²) in [6.07, 6.45) is -1.14. The second-order valence-corrected chi connectivity index (χ2v) is 15.1. The molecular weight excluding hydrogens is 786 g/mol. The average molecular weight is 839 g/mol. The number of aryl methyl sites for hydroxylation is 2. The van der Waals surface area contributed by atoms with E-state index >= 15 is 0 Å². The number of nitrogens with one attached hydrogen (secondary N) is 5. The number of aromatic nitrogens is 1. The minimum Gasteiger partial charge on any atom is -0.480 e. The number of benzene rings is 2. The summed E-state index contributed by atoms with van der Waals surface area (Å²) in [5.74, 6) is -10.4. The summed E-state index contributed by atoms with van der Waals surface area (Å²) < 4.78 is 39.0. The van der Waals surface area contributed by atoms with E-state index in [4.69, 9.17) is 4.74 Å². The van der Waals surface area contributed by atoms with Crippen LogP contribution in [0.3, 0.4) is 0 Å². The Labute approximate surface area is 346 Å². The van der Waals surface area contributed by atoms with E-state index in [2.05, 4.69) is 36.3 Å². The quantitative estimate of drug-likeness (QED) is 0.104. The number of amides is 5. The molecule has 1 unspecified atom stereocenters. The van der Waals surface area contributed by atoms with Gasteiger partial charge in [-0.2, -0.15) is 0 Å². The summed E-state index contributed by atoms with van der Waals surface area (Å²) in [6, 6.07) is 4.71. The first-order valence-corrected chi connectivity index (χ1v) is 19.2. The molecule has 0 aliphatic rings. The normalized spacial score (nSPS) is 13.6. The van der Waals surface area contributed by atoms with Gasteiger partial charge in [0, 0.05) is 11.8 Å². The Morgan fingerprint density at radius 1 is 0.683 bits per heavy atom. The van der Waals surface area contributed by atoms with Gasteiger partial charge in [-0.25, -0.2) is 13.8 Å². The number of para-hydroxylation sites is 1. The second-order valence-electron chi connectivity index (χ2n) is 15.1. The van der Waals surface area contributed by atoms with Crippen molar-refractivity contribution < 1.29 is 56.6 Å². The maximum Gasteiger partial charge on any atom is 0.308 e. The number of nitrogens with zero attached hydrogens (tertiary/aromatic N) is 1. The second kappa shape index (κ2) is 21.6. The highest BCUT2D eigenvalue weighted by Crippen LogP contribution is 2.27. The lowest BCUT2D eigenvalue weighted by molar-refractivity contribution is -0.144. The molecule has 5 N–H and O–H groups in total. The zero-order chi connectivity index (χ0) is 45.0. The van der Waals surface area contributed by atoms with Gasteiger partial charge in [0.05, 0.1) is 19.0 Å². The number of Topliss-reactive ketones (excluding diaryl/α,β-unsaturated/α-hetero) is 2. The smallest absolute Gasteiger partial charge is 0.308 e. The van der Waals surface area contributed by atoms with Crippen molar-refractivity contribution in [1.82, 2.24) is 31.6 Å². The highest BCUT2D eigenvalue weighted by atomic mass is 19.1. The fourth-order valence-corrected chi connectivity index (χ4v) is 5.93. The molecule has 0 fully saturated rings.